The van der Waals surface area contributed by atoms with Crippen LogP contribution in [0.5, 0.6) is 0 Å². The Balaban J connectivity index is 1.65. The van der Waals surface area contributed by atoms with Gasteiger partial charge in [-0.3, -0.25) is 19.4 Å². The zero-order valence-corrected chi connectivity index (χ0v) is 26.7. The Morgan fingerprint density at radius 3 is 2.25 bits per heavy atom. The molecule has 1 aromatic carbocycles. The van der Waals surface area contributed by atoms with Crippen LogP contribution in [0.25, 0.3) is 11.1 Å². The second-order valence-corrected chi connectivity index (χ2v) is 12.8. The second-order valence-electron chi connectivity index (χ2n) is 12.8. The van der Waals surface area contributed by atoms with E-state index in [0.717, 1.165) is 59.3 Å². The summed E-state index contributed by atoms with van der Waals surface area (Å²) in [5, 5.41) is 12.8. The average Bonchev–Trinajstić information content (AvgIpc) is 2.96. The van der Waals surface area contributed by atoms with Crippen LogP contribution < -0.4 is 15.8 Å². The van der Waals surface area contributed by atoms with Crippen LogP contribution in [-0.2, 0) is 6.54 Å². The highest BCUT2D eigenvalue weighted by atomic mass is 16.4. The Morgan fingerprint density at radius 1 is 1.05 bits per heavy atom. The number of nitrogens with one attached hydrogen (secondary N) is 2. The first-order valence-electron chi connectivity index (χ1n) is 15.0. The van der Waals surface area contributed by atoms with E-state index in [1.54, 1.807) is 23.2 Å². The van der Waals surface area contributed by atoms with E-state index in [1.165, 1.54) is 0 Å². The van der Waals surface area contributed by atoms with Crippen molar-refractivity contribution in [3.8, 4) is 11.1 Å². The van der Waals surface area contributed by atoms with E-state index in [0.29, 0.717) is 23.1 Å². The Kier molecular flexibility index (Phi) is 9.61. The minimum absolute atomic E-state index is 0.0540. The molecule has 2 aromatic heterocycles. The van der Waals surface area contributed by atoms with Crippen LogP contribution in [0.1, 0.15) is 89.7 Å². The molecule has 10 heteroatoms. The standard InChI is InChI=1S/C34H43N5O5/c1-20-14-21(2)37-32(42)29(20)18-36-31(41)28-15-24(23-8-9-25(19-40)35-17-23)16-30(22(28)3)38(7)26-10-12-27(13-11-26)39(33(43)44)34(4,5)6/h8-9,14-17,19,26-27H,10-13,18H2,1-7H3,(H,36,41)(H,37,42)(H,43,44). The molecule has 44 heavy (non-hydrogen) atoms. The number of amides is 2. The first-order valence-corrected chi connectivity index (χ1v) is 15.0. The van der Waals surface area contributed by atoms with Gasteiger partial charge in [0.15, 0.2) is 6.29 Å². The minimum atomic E-state index is -0.898. The summed E-state index contributed by atoms with van der Waals surface area (Å²) in [4.78, 5) is 60.3. The van der Waals surface area contributed by atoms with E-state index < -0.39 is 11.6 Å². The van der Waals surface area contributed by atoms with E-state index in [4.69, 9.17) is 0 Å². The number of benzene rings is 1. The molecule has 1 aliphatic rings. The molecule has 2 amide bonds. The van der Waals surface area contributed by atoms with Gasteiger partial charge in [0.2, 0.25) is 0 Å². The van der Waals surface area contributed by atoms with Crippen LogP contribution >= 0.6 is 0 Å². The molecule has 3 aromatic rings. The van der Waals surface area contributed by atoms with Gasteiger partial charge in [-0.25, -0.2) is 4.79 Å². The van der Waals surface area contributed by atoms with E-state index >= 15 is 0 Å². The van der Waals surface area contributed by atoms with Crippen molar-refractivity contribution in [1.29, 1.82) is 0 Å². The molecule has 0 unspecified atom stereocenters. The molecule has 0 spiro atoms. The van der Waals surface area contributed by atoms with Gasteiger partial charge < -0.3 is 25.2 Å². The number of aldehydes is 1. The van der Waals surface area contributed by atoms with Crippen molar-refractivity contribution in [2.24, 2.45) is 0 Å². The van der Waals surface area contributed by atoms with Gasteiger partial charge >= 0.3 is 6.09 Å². The number of carbonyl (C=O) groups excluding carboxylic acids is 2. The third kappa shape index (κ3) is 7.01. The summed E-state index contributed by atoms with van der Waals surface area (Å²) in [6.07, 6.45) is 4.50. The van der Waals surface area contributed by atoms with Gasteiger partial charge in [0, 0.05) is 65.5 Å². The smallest absolute Gasteiger partial charge is 0.407 e. The highest BCUT2D eigenvalue weighted by Gasteiger charge is 2.36. The number of carbonyl (C=O) groups is 3. The summed E-state index contributed by atoms with van der Waals surface area (Å²) in [5.74, 6) is -0.304. The Labute approximate surface area is 258 Å². The topological polar surface area (TPSA) is 136 Å². The summed E-state index contributed by atoms with van der Waals surface area (Å²) >= 11 is 0. The quantitative estimate of drug-likeness (QED) is 0.285. The molecule has 1 saturated carbocycles. The average molecular weight is 602 g/mol. The van der Waals surface area contributed by atoms with Crippen LogP contribution in [0, 0.1) is 20.8 Å². The number of rotatable bonds is 8. The van der Waals surface area contributed by atoms with E-state index in [-0.39, 0.29) is 30.1 Å². The van der Waals surface area contributed by atoms with Crippen molar-refractivity contribution in [1.82, 2.24) is 20.2 Å². The van der Waals surface area contributed by atoms with Crippen molar-refractivity contribution >= 4 is 24.0 Å². The van der Waals surface area contributed by atoms with Gasteiger partial charge in [-0.1, -0.05) is 6.07 Å². The van der Waals surface area contributed by atoms with Gasteiger partial charge in [-0.05, 0) is 108 Å². The zero-order valence-electron chi connectivity index (χ0n) is 26.7. The van der Waals surface area contributed by atoms with Crippen molar-refractivity contribution in [2.45, 2.75) is 91.4 Å². The predicted octanol–water partition coefficient (Wildman–Crippen LogP) is 5.63. The van der Waals surface area contributed by atoms with E-state index in [2.05, 4.69) is 20.2 Å². The monoisotopic (exact) mass is 601 g/mol. The number of hydrogen-bond donors (Lipinski definition) is 3. The van der Waals surface area contributed by atoms with Crippen molar-refractivity contribution in [3.63, 3.8) is 0 Å². The lowest BCUT2D eigenvalue weighted by atomic mass is 9.86. The predicted molar refractivity (Wildman–Crippen MR) is 172 cm³/mol. The number of aryl methyl sites for hydroxylation is 2. The van der Waals surface area contributed by atoms with Gasteiger partial charge in [0.1, 0.15) is 5.69 Å². The maximum absolute atomic E-state index is 13.7. The first kappa shape index (κ1) is 32.4. The molecule has 2 heterocycles. The molecule has 4 rings (SSSR count). The molecule has 1 fully saturated rings. The zero-order chi connectivity index (χ0) is 32.3. The Hall–Kier alpha value is -4.47. The number of aromatic nitrogens is 2. The van der Waals surface area contributed by atoms with E-state index in [9.17, 15) is 24.3 Å². The molecule has 1 aliphatic carbocycles. The Bertz CT molecular complexity index is 1600. The summed E-state index contributed by atoms with van der Waals surface area (Å²) in [5.41, 5.74) is 5.36. The summed E-state index contributed by atoms with van der Waals surface area (Å²) in [6, 6.07) is 9.27. The first-order chi connectivity index (χ1) is 20.7. The number of carboxylic acid groups (broad SMARTS) is 1. The van der Waals surface area contributed by atoms with Gasteiger partial charge in [0.05, 0.1) is 0 Å². The van der Waals surface area contributed by atoms with Crippen LogP contribution in [0.3, 0.4) is 0 Å². The van der Waals surface area contributed by atoms with Crippen molar-refractivity contribution in [3.05, 3.63) is 80.5 Å². The fourth-order valence-corrected chi connectivity index (χ4v) is 6.37. The lowest BCUT2D eigenvalue weighted by Crippen LogP contribution is -2.53. The van der Waals surface area contributed by atoms with Crippen LogP contribution in [0.15, 0.2) is 41.3 Å². The Morgan fingerprint density at radius 2 is 1.70 bits per heavy atom. The lowest BCUT2D eigenvalue weighted by Gasteiger charge is -2.44. The maximum atomic E-state index is 13.7. The third-order valence-electron chi connectivity index (χ3n) is 8.67. The van der Waals surface area contributed by atoms with Crippen LogP contribution in [0.2, 0.25) is 0 Å². The summed E-state index contributed by atoms with van der Waals surface area (Å²) in [6.45, 7) is 11.4. The van der Waals surface area contributed by atoms with Gasteiger partial charge in [-0.15, -0.1) is 0 Å². The SMILES string of the molecule is Cc1cc(C)c(CNC(=O)c2cc(-c3ccc(C=O)nc3)cc(N(C)C3CCC(N(C(=O)O)C(C)(C)C)CC3)c2C)c(=O)[nH]1. The summed E-state index contributed by atoms with van der Waals surface area (Å²) in [7, 11) is 2.01. The fourth-order valence-electron chi connectivity index (χ4n) is 6.37. The maximum Gasteiger partial charge on any atom is 0.407 e. The number of aromatic amines is 1. The van der Waals surface area contributed by atoms with Crippen molar-refractivity contribution in [2.75, 3.05) is 11.9 Å². The lowest BCUT2D eigenvalue weighted by molar-refractivity contribution is 0.0547. The molecule has 234 valence electrons. The number of H-pyrrole nitrogens is 1. The highest BCUT2D eigenvalue weighted by molar-refractivity contribution is 5.99. The highest BCUT2D eigenvalue weighted by Crippen LogP contribution is 2.36. The summed E-state index contributed by atoms with van der Waals surface area (Å²) < 4.78 is 0. The number of pyridine rings is 2. The van der Waals surface area contributed by atoms with Gasteiger partial charge in [0.25, 0.3) is 11.5 Å². The molecule has 0 aliphatic heterocycles. The molecule has 0 bridgehead atoms. The van der Waals surface area contributed by atoms with Crippen LogP contribution in [0.4, 0.5) is 10.5 Å². The normalized spacial score (nSPS) is 16.7. The van der Waals surface area contributed by atoms with Crippen molar-refractivity contribution < 1.29 is 19.5 Å². The second kappa shape index (κ2) is 13.0. The number of nitrogens with zero attached hydrogens (tertiary/aromatic N) is 3. The third-order valence-corrected chi connectivity index (χ3v) is 8.67. The van der Waals surface area contributed by atoms with Gasteiger partial charge in [-0.2, -0.15) is 0 Å². The van der Waals surface area contributed by atoms with Crippen LogP contribution in [-0.4, -0.2) is 62.9 Å². The molecule has 3 N–H and O–H groups in total. The van der Waals surface area contributed by atoms with E-state index in [1.807, 2.05) is 66.8 Å². The fraction of sp³-hybridized carbons (Fsp3) is 0.441. The molecule has 0 atom stereocenters. The number of hydrogen-bond acceptors (Lipinski definition) is 6. The number of anilines is 1. The molecule has 0 saturated heterocycles. The molecular formula is C34H43N5O5. The largest absolute Gasteiger partial charge is 0.465 e. The molecule has 10 nitrogen and oxygen atoms in total. The minimum Gasteiger partial charge on any atom is -0.465 e. The molecule has 0 radical (unpaired) electrons. The molecular weight excluding hydrogens is 558 g/mol.